The van der Waals surface area contributed by atoms with Gasteiger partial charge in [-0.3, -0.25) is 0 Å². The Hall–Kier alpha value is -2.59. The Labute approximate surface area is 132 Å². The molecule has 0 atom stereocenters. The van der Waals surface area contributed by atoms with Crippen LogP contribution in [0.3, 0.4) is 0 Å². The van der Waals surface area contributed by atoms with Crippen LogP contribution in [0.2, 0.25) is 5.02 Å². The van der Waals surface area contributed by atoms with Crippen LogP contribution in [0.5, 0.6) is 11.5 Å². The van der Waals surface area contributed by atoms with Crippen LogP contribution < -0.4 is 9.47 Å². The highest BCUT2D eigenvalue weighted by Gasteiger charge is 2.16. The summed E-state index contributed by atoms with van der Waals surface area (Å²) in [5.74, 6) is -0.763. The van der Waals surface area contributed by atoms with Gasteiger partial charge in [-0.25, -0.2) is 9.59 Å². The molecule has 0 unspecified atom stereocenters. The molecule has 0 aliphatic carbocycles. The minimum absolute atomic E-state index is 0.151. The summed E-state index contributed by atoms with van der Waals surface area (Å²) in [6, 6.07) is 6.82. The van der Waals surface area contributed by atoms with Gasteiger partial charge in [0, 0.05) is 29.0 Å². The molecule has 2 aromatic rings. The molecule has 0 bridgehead atoms. The van der Waals surface area contributed by atoms with E-state index < -0.39 is 11.9 Å². The summed E-state index contributed by atoms with van der Waals surface area (Å²) in [6.45, 7) is 8.60. The van der Waals surface area contributed by atoms with Crippen molar-refractivity contribution >= 4 is 34.3 Å². The lowest BCUT2D eigenvalue weighted by Gasteiger charge is -2.13. The van der Waals surface area contributed by atoms with E-state index in [1.54, 1.807) is 6.07 Å². The van der Waals surface area contributed by atoms with E-state index in [4.69, 9.17) is 21.1 Å². The van der Waals surface area contributed by atoms with Crippen molar-refractivity contribution in [3.8, 4) is 11.5 Å². The standard InChI is InChI=1S/C17H13ClO4/c1-4-15(19)21-14-9-13(18)17(22-16(20)5-2)11-7-6-10(3)8-12(11)14/h4-9H,1-2H2,3H3. The molecule has 0 aliphatic heterocycles. The maximum absolute atomic E-state index is 11.5. The van der Waals surface area contributed by atoms with Crippen LogP contribution in [-0.2, 0) is 9.59 Å². The number of hydrogen-bond donors (Lipinski definition) is 0. The second-order valence-corrected chi connectivity index (χ2v) is 4.89. The fraction of sp³-hybridized carbons (Fsp3) is 0.0588. The van der Waals surface area contributed by atoms with Crippen LogP contribution in [0.4, 0.5) is 0 Å². The van der Waals surface area contributed by atoms with Crippen molar-refractivity contribution in [3.63, 3.8) is 0 Å². The summed E-state index contributed by atoms with van der Waals surface area (Å²) in [5, 5.41) is 1.31. The van der Waals surface area contributed by atoms with Gasteiger partial charge >= 0.3 is 11.9 Å². The molecule has 0 fully saturated rings. The summed E-state index contributed by atoms with van der Waals surface area (Å²) in [4.78, 5) is 22.9. The van der Waals surface area contributed by atoms with Crippen LogP contribution in [0.15, 0.2) is 49.6 Å². The number of carbonyl (C=O) groups is 2. The smallest absolute Gasteiger partial charge is 0.335 e. The quantitative estimate of drug-likeness (QED) is 0.486. The molecular formula is C17H13ClO4. The molecule has 0 aliphatic rings. The molecule has 0 N–H and O–H groups in total. The van der Waals surface area contributed by atoms with E-state index in [1.807, 2.05) is 19.1 Å². The predicted octanol–water partition coefficient (Wildman–Crippen LogP) is 3.98. The molecule has 0 saturated carbocycles. The third kappa shape index (κ3) is 3.18. The van der Waals surface area contributed by atoms with E-state index in [9.17, 15) is 9.59 Å². The monoisotopic (exact) mass is 316 g/mol. The van der Waals surface area contributed by atoms with Gasteiger partial charge in [-0.1, -0.05) is 42.5 Å². The van der Waals surface area contributed by atoms with Crippen molar-refractivity contribution in [2.75, 3.05) is 0 Å². The number of esters is 2. The number of aryl methyl sites for hydroxylation is 1. The molecule has 0 amide bonds. The summed E-state index contributed by atoms with van der Waals surface area (Å²) < 4.78 is 10.4. The van der Waals surface area contributed by atoms with Gasteiger partial charge in [-0.05, 0) is 13.0 Å². The molecule has 4 nitrogen and oxygen atoms in total. The Morgan fingerprint density at radius 2 is 1.68 bits per heavy atom. The topological polar surface area (TPSA) is 52.6 Å². The highest BCUT2D eigenvalue weighted by atomic mass is 35.5. The second-order valence-electron chi connectivity index (χ2n) is 4.49. The number of halogens is 1. The van der Waals surface area contributed by atoms with Crippen molar-refractivity contribution in [3.05, 3.63) is 60.2 Å². The van der Waals surface area contributed by atoms with Gasteiger partial charge in [0.25, 0.3) is 0 Å². The predicted molar refractivity (Wildman–Crippen MR) is 85.4 cm³/mol. The maximum atomic E-state index is 11.5. The average Bonchev–Trinajstić information content (AvgIpc) is 2.50. The molecule has 0 heterocycles. The van der Waals surface area contributed by atoms with Crippen LogP contribution in [0, 0.1) is 6.92 Å². The minimum atomic E-state index is -0.625. The normalized spacial score (nSPS) is 10.1. The SMILES string of the molecule is C=CC(=O)Oc1cc(Cl)c(OC(=O)C=C)c2ccc(C)cc12. The lowest BCUT2D eigenvalue weighted by Crippen LogP contribution is -2.06. The van der Waals surface area contributed by atoms with Crippen LogP contribution in [0.1, 0.15) is 5.56 Å². The van der Waals surface area contributed by atoms with E-state index >= 15 is 0 Å². The minimum Gasteiger partial charge on any atom is -0.423 e. The molecule has 0 radical (unpaired) electrons. The molecular weight excluding hydrogens is 304 g/mol. The number of ether oxygens (including phenoxy) is 2. The maximum Gasteiger partial charge on any atom is 0.335 e. The zero-order chi connectivity index (χ0) is 16.3. The second kappa shape index (κ2) is 6.45. The van der Waals surface area contributed by atoms with Gasteiger partial charge in [-0.2, -0.15) is 0 Å². The fourth-order valence-electron chi connectivity index (χ4n) is 1.93. The zero-order valence-electron chi connectivity index (χ0n) is 11.9. The molecule has 22 heavy (non-hydrogen) atoms. The third-order valence-electron chi connectivity index (χ3n) is 2.91. The molecule has 2 aromatic carbocycles. The zero-order valence-corrected chi connectivity index (χ0v) is 12.6. The van der Waals surface area contributed by atoms with Gasteiger partial charge in [0.15, 0.2) is 5.75 Å². The summed E-state index contributed by atoms with van der Waals surface area (Å²) in [7, 11) is 0. The lowest BCUT2D eigenvalue weighted by molar-refractivity contribution is -0.129. The van der Waals surface area contributed by atoms with Crippen molar-refractivity contribution in [2.45, 2.75) is 6.92 Å². The lowest BCUT2D eigenvalue weighted by atomic mass is 10.1. The van der Waals surface area contributed by atoms with Gasteiger partial charge in [0.1, 0.15) is 5.75 Å². The van der Waals surface area contributed by atoms with Crippen molar-refractivity contribution in [1.29, 1.82) is 0 Å². The van der Waals surface area contributed by atoms with E-state index in [2.05, 4.69) is 13.2 Å². The molecule has 5 heteroatoms. The third-order valence-corrected chi connectivity index (χ3v) is 3.19. The molecule has 112 valence electrons. The van der Waals surface area contributed by atoms with Crippen molar-refractivity contribution in [2.24, 2.45) is 0 Å². The number of benzene rings is 2. The highest BCUT2D eigenvalue weighted by molar-refractivity contribution is 6.34. The van der Waals surface area contributed by atoms with Crippen molar-refractivity contribution in [1.82, 2.24) is 0 Å². The van der Waals surface area contributed by atoms with E-state index in [0.717, 1.165) is 17.7 Å². The van der Waals surface area contributed by atoms with Crippen LogP contribution in [0.25, 0.3) is 10.8 Å². The number of fused-ring (bicyclic) bond motifs is 1. The Morgan fingerprint density at radius 1 is 1.05 bits per heavy atom. The van der Waals surface area contributed by atoms with Gasteiger partial charge in [-0.15, -0.1) is 0 Å². The van der Waals surface area contributed by atoms with Crippen LogP contribution in [-0.4, -0.2) is 11.9 Å². The molecule has 0 aromatic heterocycles. The number of hydrogen-bond acceptors (Lipinski definition) is 4. The summed E-state index contributed by atoms with van der Waals surface area (Å²) in [5.41, 5.74) is 0.951. The van der Waals surface area contributed by atoms with Gasteiger partial charge in [0.05, 0.1) is 5.02 Å². The fourth-order valence-corrected chi connectivity index (χ4v) is 2.17. The molecule has 0 saturated heterocycles. The van der Waals surface area contributed by atoms with E-state index in [0.29, 0.717) is 10.8 Å². The van der Waals surface area contributed by atoms with Crippen molar-refractivity contribution < 1.29 is 19.1 Å². The first-order valence-electron chi connectivity index (χ1n) is 6.37. The highest BCUT2D eigenvalue weighted by Crippen LogP contribution is 2.40. The first-order chi connectivity index (χ1) is 10.5. The Morgan fingerprint density at radius 3 is 2.32 bits per heavy atom. The van der Waals surface area contributed by atoms with Gasteiger partial charge < -0.3 is 9.47 Å². The van der Waals surface area contributed by atoms with E-state index in [1.165, 1.54) is 6.07 Å². The number of rotatable bonds is 4. The number of carbonyl (C=O) groups excluding carboxylic acids is 2. The Bertz CT molecular complexity index is 793. The summed E-state index contributed by atoms with van der Waals surface area (Å²) >= 11 is 6.15. The van der Waals surface area contributed by atoms with Crippen LogP contribution >= 0.6 is 11.6 Å². The van der Waals surface area contributed by atoms with E-state index in [-0.39, 0.29) is 16.5 Å². The average molecular weight is 317 g/mol. The molecule has 2 rings (SSSR count). The summed E-state index contributed by atoms with van der Waals surface area (Å²) in [6.07, 6.45) is 2.10. The Balaban J connectivity index is 2.68. The van der Waals surface area contributed by atoms with Gasteiger partial charge in [0.2, 0.25) is 0 Å². The molecule has 0 spiro atoms. The first kappa shape index (κ1) is 15.8. The Kier molecular flexibility index (Phi) is 4.63. The largest absolute Gasteiger partial charge is 0.423 e. The first-order valence-corrected chi connectivity index (χ1v) is 6.75.